The minimum atomic E-state index is -0.493. The van der Waals surface area contributed by atoms with Crippen LogP contribution in [0.1, 0.15) is 54.9 Å². The van der Waals surface area contributed by atoms with Crippen molar-refractivity contribution in [3.05, 3.63) is 92.4 Å². The SMILES string of the molecule is COc1cccc([C@@H]2C3=C(CC(C)(C)CC3=O)Nc3nc(SCc4cccc(C)c4)[nH]c(=O)c32)c1. The first-order valence-electron chi connectivity index (χ1n) is 11.7. The number of hydrogen-bond donors (Lipinski definition) is 2. The van der Waals surface area contributed by atoms with Crippen LogP contribution in [0.3, 0.4) is 0 Å². The van der Waals surface area contributed by atoms with E-state index in [0.29, 0.717) is 46.5 Å². The maximum Gasteiger partial charge on any atom is 0.257 e. The summed E-state index contributed by atoms with van der Waals surface area (Å²) in [6, 6.07) is 15.9. The van der Waals surface area contributed by atoms with Crippen LogP contribution in [0.15, 0.2) is 69.8 Å². The van der Waals surface area contributed by atoms with Gasteiger partial charge in [0.2, 0.25) is 0 Å². The molecular formula is C28H29N3O3S. The van der Waals surface area contributed by atoms with Crippen molar-refractivity contribution in [2.24, 2.45) is 5.41 Å². The molecule has 1 aromatic heterocycles. The Morgan fingerprint density at radius 2 is 1.91 bits per heavy atom. The molecule has 0 bridgehead atoms. The van der Waals surface area contributed by atoms with Gasteiger partial charge in [0, 0.05) is 29.4 Å². The summed E-state index contributed by atoms with van der Waals surface area (Å²) in [5.41, 5.74) is 4.82. The number of H-pyrrole nitrogens is 1. The number of carbonyl (C=O) groups excluding carboxylic acids is 1. The van der Waals surface area contributed by atoms with Crippen LogP contribution in [0.4, 0.5) is 5.82 Å². The van der Waals surface area contributed by atoms with E-state index >= 15 is 0 Å². The lowest BCUT2D eigenvalue weighted by Crippen LogP contribution is -2.37. The summed E-state index contributed by atoms with van der Waals surface area (Å²) in [5.74, 6) is 1.48. The Kier molecular flexibility index (Phi) is 6.05. The molecule has 3 aromatic rings. The number of nitrogens with one attached hydrogen (secondary N) is 2. The van der Waals surface area contributed by atoms with Gasteiger partial charge in [-0.25, -0.2) is 4.98 Å². The van der Waals surface area contributed by atoms with Crippen molar-refractivity contribution >= 4 is 23.4 Å². The van der Waals surface area contributed by atoms with Gasteiger partial charge in [-0.05, 0) is 42.0 Å². The molecule has 0 spiro atoms. The molecule has 0 saturated carbocycles. The van der Waals surface area contributed by atoms with E-state index in [1.54, 1.807) is 7.11 Å². The number of fused-ring (bicyclic) bond motifs is 1. The second kappa shape index (κ2) is 9.04. The summed E-state index contributed by atoms with van der Waals surface area (Å²) in [6.45, 7) is 6.26. The van der Waals surface area contributed by atoms with Gasteiger partial charge in [-0.3, -0.25) is 9.59 Å². The average Bonchev–Trinajstić information content (AvgIpc) is 2.80. The summed E-state index contributed by atoms with van der Waals surface area (Å²) >= 11 is 1.49. The molecule has 2 N–H and O–H groups in total. The van der Waals surface area contributed by atoms with Crippen molar-refractivity contribution in [2.45, 2.75) is 50.4 Å². The Bertz CT molecular complexity index is 1410. The van der Waals surface area contributed by atoms with Gasteiger partial charge in [-0.15, -0.1) is 0 Å². The zero-order valence-electron chi connectivity index (χ0n) is 20.4. The van der Waals surface area contributed by atoms with Crippen LogP contribution >= 0.6 is 11.8 Å². The third-order valence-corrected chi connectivity index (χ3v) is 7.53. The third kappa shape index (κ3) is 4.65. The number of ether oxygens (including phenoxy) is 1. The fourth-order valence-electron chi connectivity index (χ4n) is 5.07. The van der Waals surface area contributed by atoms with E-state index in [9.17, 15) is 9.59 Å². The first kappa shape index (κ1) is 23.4. The van der Waals surface area contributed by atoms with Gasteiger partial charge in [0.25, 0.3) is 5.56 Å². The summed E-state index contributed by atoms with van der Waals surface area (Å²) in [7, 11) is 1.61. The predicted octanol–water partition coefficient (Wildman–Crippen LogP) is 5.58. The normalized spacial score (nSPS) is 18.5. The Labute approximate surface area is 209 Å². The topological polar surface area (TPSA) is 84.1 Å². The number of hydrogen-bond acceptors (Lipinski definition) is 6. The van der Waals surface area contributed by atoms with E-state index < -0.39 is 5.92 Å². The van der Waals surface area contributed by atoms with Gasteiger partial charge < -0.3 is 15.0 Å². The number of benzene rings is 2. The minimum Gasteiger partial charge on any atom is -0.497 e. The number of aryl methyl sites for hydroxylation is 1. The highest BCUT2D eigenvalue weighted by Gasteiger charge is 2.42. The van der Waals surface area contributed by atoms with E-state index in [2.05, 4.69) is 49.3 Å². The van der Waals surface area contributed by atoms with E-state index in [1.807, 2.05) is 30.3 Å². The molecule has 1 aliphatic carbocycles. The number of allylic oxidation sites excluding steroid dienone is 2. The van der Waals surface area contributed by atoms with Crippen molar-refractivity contribution in [1.29, 1.82) is 0 Å². The lowest BCUT2D eigenvalue weighted by atomic mass is 9.69. The molecule has 7 heteroatoms. The smallest absolute Gasteiger partial charge is 0.257 e. The molecule has 0 saturated heterocycles. The molecule has 0 fully saturated rings. The highest BCUT2D eigenvalue weighted by atomic mass is 32.2. The molecule has 0 unspecified atom stereocenters. The van der Waals surface area contributed by atoms with Crippen molar-refractivity contribution in [3.63, 3.8) is 0 Å². The van der Waals surface area contributed by atoms with Crippen LogP contribution in [0, 0.1) is 12.3 Å². The van der Waals surface area contributed by atoms with Gasteiger partial charge in [-0.1, -0.05) is 67.6 Å². The number of thioether (sulfide) groups is 1. The van der Waals surface area contributed by atoms with Crippen molar-refractivity contribution in [1.82, 2.24) is 9.97 Å². The van der Waals surface area contributed by atoms with Gasteiger partial charge in [0.1, 0.15) is 11.6 Å². The molecule has 5 rings (SSSR count). The monoisotopic (exact) mass is 487 g/mol. The first-order valence-corrected chi connectivity index (χ1v) is 12.7. The summed E-state index contributed by atoms with van der Waals surface area (Å²) in [4.78, 5) is 34.7. The maximum atomic E-state index is 13.5. The molecule has 2 aliphatic rings. The number of anilines is 1. The number of ketones is 1. The van der Waals surface area contributed by atoms with Gasteiger partial charge in [0.15, 0.2) is 10.9 Å². The molecule has 35 heavy (non-hydrogen) atoms. The van der Waals surface area contributed by atoms with Crippen LogP contribution in [0.2, 0.25) is 0 Å². The number of rotatable bonds is 5. The van der Waals surface area contributed by atoms with E-state index in [1.165, 1.54) is 22.9 Å². The summed E-state index contributed by atoms with van der Waals surface area (Å²) in [6.07, 6.45) is 1.16. The number of methoxy groups -OCH3 is 1. The molecule has 180 valence electrons. The van der Waals surface area contributed by atoms with Crippen LogP contribution in [0.25, 0.3) is 0 Å². The Morgan fingerprint density at radius 1 is 1.11 bits per heavy atom. The van der Waals surface area contributed by atoms with Crippen LogP contribution in [0.5, 0.6) is 5.75 Å². The molecule has 2 heterocycles. The molecule has 6 nitrogen and oxygen atoms in total. The van der Waals surface area contributed by atoms with Gasteiger partial charge in [0.05, 0.1) is 12.7 Å². The van der Waals surface area contributed by atoms with E-state index in [4.69, 9.17) is 9.72 Å². The number of Topliss-reactive ketones (excluding diaryl/α,β-unsaturated/α-hetero) is 1. The Hall–Kier alpha value is -3.32. The van der Waals surface area contributed by atoms with E-state index in [-0.39, 0.29) is 16.8 Å². The lowest BCUT2D eigenvalue weighted by molar-refractivity contribution is -0.118. The van der Waals surface area contributed by atoms with Gasteiger partial charge in [-0.2, -0.15) is 0 Å². The van der Waals surface area contributed by atoms with Crippen molar-refractivity contribution < 1.29 is 9.53 Å². The number of aromatic nitrogens is 2. The number of carbonyl (C=O) groups is 1. The predicted molar refractivity (Wildman–Crippen MR) is 139 cm³/mol. The third-order valence-electron chi connectivity index (χ3n) is 6.59. The standard InChI is InChI=1S/C28H29N3O3S/c1-16-7-5-8-17(11-16)15-35-27-30-25-24(26(33)31-27)22(18-9-6-10-19(12-18)34-4)23-20(29-25)13-28(2,3)14-21(23)32/h5-12,22H,13-15H2,1-4H3,(H2,29,30,31,33)/t22-/m1/s1. The van der Waals surface area contributed by atoms with Crippen molar-refractivity contribution in [2.75, 3.05) is 12.4 Å². The highest BCUT2D eigenvalue weighted by molar-refractivity contribution is 7.98. The van der Waals surface area contributed by atoms with Gasteiger partial charge >= 0.3 is 0 Å². The van der Waals surface area contributed by atoms with Crippen molar-refractivity contribution in [3.8, 4) is 5.75 Å². The highest BCUT2D eigenvalue weighted by Crippen LogP contribution is 2.48. The Balaban J connectivity index is 1.59. The summed E-state index contributed by atoms with van der Waals surface area (Å²) < 4.78 is 5.44. The minimum absolute atomic E-state index is 0.0690. The fourth-order valence-corrected chi connectivity index (χ4v) is 5.87. The molecule has 0 amide bonds. The summed E-state index contributed by atoms with van der Waals surface area (Å²) in [5, 5.41) is 3.94. The molecule has 2 aromatic carbocycles. The zero-order valence-corrected chi connectivity index (χ0v) is 21.2. The number of aromatic amines is 1. The second-order valence-electron chi connectivity index (χ2n) is 10.1. The molecule has 1 aliphatic heterocycles. The largest absolute Gasteiger partial charge is 0.497 e. The van der Waals surface area contributed by atoms with Crippen LogP contribution in [-0.4, -0.2) is 22.9 Å². The maximum absolute atomic E-state index is 13.5. The second-order valence-corrected chi connectivity index (χ2v) is 11.0. The zero-order chi connectivity index (χ0) is 24.7. The van der Waals surface area contributed by atoms with Crippen LogP contribution < -0.4 is 15.6 Å². The average molecular weight is 488 g/mol. The quantitative estimate of drug-likeness (QED) is 0.361. The van der Waals surface area contributed by atoms with Crippen LogP contribution in [-0.2, 0) is 10.5 Å². The number of nitrogens with zero attached hydrogens (tertiary/aromatic N) is 1. The lowest BCUT2D eigenvalue weighted by Gasteiger charge is -2.38. The molecular weight excluding hydrogens is 458 g/mol. The van der Waals surface area contributed by atoms with E-state index in [0.717, 1.165) is 11.3 Å². The Morgan fingerprint density at radius 3 is 2.69 bits per heavy atom. The first-order chi connectivity index (χ1) is 16.7. The molecule has 0 radical (unpaired) electrons. The fraction of sp³-hybridized carbons (Fsp3) is 0.321. The molecule has 1 atom stereocenters.